The van der Waals surface area contributed by atoms with Gasteiger partial charge in [0.15, 0.2) is 0 Å². The molecule has 7 heteroatoms. The van der Waals surface area contributed by atoms with Crippen molar-refractivity contribution in [2.24, 2.45) is 0 Å². The molecule has 7 nitrogen and oxygen atoms in total. The fourth-order valence-electron chi connectivity index (χ4n) is 2.97. The van der Waals surface area contributed by atoms with E-state index in [2.05, 4.69) is 15.6 Å². The van der Waals surface area contributed by atoms with Gasteiger partial charge < -0.3 is 15.1 Å². The second-order valence-electron chi connectivity index (χ2n) is 6.49. The molecule has 0 saturated carbocycles. The molecule has 2 heterocycles. The molecule has 0 radical (unpaired) electrons. The molecular formula is C23H17N3O4. The van der Waals surface area contributed by atoms with Crippen molar-refractivity contribution in [2.45, 2.75) is 6.54 Å². The molecule has 0 unspecified atom stereocenters. The van der Waals surface area contributed by atoms with E-state index in [0.29, 0.717) is 16.7 Å². The first-order valence-corrected chi connectivity index (χ1v) is 9.23. The van der Waals surface area contributed by atoms with Crippen molar-refractivity contribution in [2.75, 3.05) is 5.32 Å². The predicted octanol–water partition coefficient (Wildman–Crippen LogP) is 3.37. The molecule has 2 aromatic heterocycles. The van der Waals surface area contributed by atoms with Crippen molar-refractivity contribution < 1.29 is 14.0 Å². The average Bonchev–Trinajstić information content (AvgIpc) is 2.78. The van der Waals surface area contributed by atoms with E-state index in [1.807, 2.05) is 6.07 Å². The number of carbonyl (C=O) groups excluding carboxylic acids is 2. The highest BCUT2D eigenvalue weighted by Crippen LogP contribution is 2.18. The van der Waals surface area contributed by atoms with Crippen LogP contribution in [-0.2, 0) is 6.54 Å². The lowest BCUT2D eigenvalue weighted by molar-refractivity contribution is 0.0951. The monoisotopic (exact) mass is 399 g/mol. The number of nitrogens with one attached hydrogen (secondary N) is 2. The molecule has 0 bridgehead atoms. The van der Waals surface area contributed by atoms with Gasteiger partial charge in [0, 0.05) is 11.6 Å². The van der Waals surface area contributed by atoms with E-state index in [0.717, 1.165) is 0 Å². The number of carbonyl (C=O) groups is 2. The number of hydrogen-bond acceptors (Lipinski definition) is 5. The number of hydrogen-bond donors (Lipinski definition) is 2. The molecular weight excluding hydrogens is 382 g/mol. The van der Waals surface area contributed by atoms with Crippen LogP contribution < -0.4 is 16.3 Å². The van der Waals surface area contributed by atoms with Crippen molar-refractivity contribution in [3.05, 3.63) is 106 Å². The molecule has 2 N–H and O–H groups in total. The Kier molecular flexibility index (Phi) is 5.34. The van der Waals surface area contributed by atoms with Gasteiger partial charge in [0.1, 0.15) is 11.1 Å². The zero-order valence-electron chi connectivity index (χ0n) is 15.8. The topological polar surface area (TPSA) is 101 Å². The number of pyridine rings is 1. The second-order valence-corrected chi connectivity index (χ2v) is 6.49. The van der Waals surface area contributed by atoms with Crippen LogP contribution in [0.15, 0.2) is 88.2 Å². The summed E-state index contributed by atoms with van der Waals surface area (Å²) >= 11 is 0. The van der Waals surface area contributed by atoms with Gasteiger partial charge in [-0.15, -0.1) is 0 Å². The maximum absolute atomic E-state index is 12.7. The van der Waals surface area contributed by atoms with E-state index in [1.165, 1.54) is 6.07 Å². The molecule has 0 spiro atoms. The first kappa shape index (κ1) is 19.1. The molecule has 4 aromatic rings. The van der Waals surface area contributed by atoms with Crippen LogP contribution in [0.2, 0.25) is 0 Å². The summed E-state index contributed by atoms with van der Waals surface area (Å²) in [6.07, 6.45) is 1.64. The number of amides is 2. The summed E-state index contributed by atoms with van der Waals surface area (Å²) in [4.78, 5) is 41.7. The summed E-state index contributed by atoms with van der Waals surface area (Å²) < 4.78 is 5.21. The Balaban J connectivity index is 1.55. The lowest BCUT2D eigenvalue weighted by Gasteiger charge is -2.11. The molecule has 0 aliphatic heterocycles. The number of benzene rings is 2. The van der Waals surface area contributed by atoms with Crippen LogP contribution in [0, 0.1) is 0 Å². The fourth-order valence-corrected chi connectivity index (χ4v) is 2.97. The molecule has 0 aliphatic carbocycles. The number of aromatic nitrogens is 1. The number of fused-ring (bicyclic) bond motifs is 1. The van der Waals surface area contributed by atoms with Gasteiger partial charge in [-0.3, -0.25) is 14.6 Å². The number of para-hydroxylation sites is 2. The number of rotatable bonds is 5. The fraction of sp³-hybridized carbons (Fsp3) is 0.0435. The maximum Gasteiger partial charge on any atom is 0.349 e. The van der Waals surface area contributed by atoms with Gasteiger partial charge in [-0.1, -0.05) is 36.4 Å². The van der Waals surface area contributed by atoms with Crippen molar-refractivity contribution >= 4 is 28.5 Å². The van der Waals surface area contributed by atoms with Crippen LogP contribution in [0.1, 0.15) is 26.4 Å². The first-order valence-electron chi connectivity index (χ1n) is 9.23. The standard InChI is InChI=1S/C23H17N3O4/c27-21(25-14-16-8-5-6-12-24-16)17-9-2-3-10-19(17)26-22(28)18-13-15-7-1-4-11-20(15)30-23(18)29/h1-13H,14H2,(H,25,27)(H,26,28). The highest BCUT2D eigenvalue weighted by molar-refractivity contribution is 6.09. The average molecular weight is 399 g/mol. The zero-order valence-corrected chi connectivity index (χ0v) is 15.8. The van der Waals surface area contributed by atoms with Crippen molar-refractivity contribution in [3.63, 3.8) is 0 Å². The Morgan fingerprint density at radius 3 is 2.47 bits per heavy atom. The minimum Gasteiger partial charge on any atom is -0.422 e. The quantitative estimate of drug-likeness (QED) is 0.501. The Labute approximate surface area is 171 Å². The third-order valence-corrected chi connectivity index (χ3v) is 4.46. The summed E-state index contributed by atoms with van der Waals surface area (Å²) in [6, 6.07) is 20.4. The van der Waals surface area contributed by atoms with Crippen LogP contribution in [0.25, 0.3) is 11.0 Å². The molecule has 2 amide bonds. The zero-order chi connectivity index (χ0) is 20.9. The molecule has 0 saturated heterocycles. The van der Waals surface area contributed by atoms with Crippen molar-refractivity contribution in [1.82, 2.24) is 10.3 Å². The highest BCUT2D eigenvalue weighted by Gasteiger charge is 2.17. The van der Waals surface area contributed by atoms with Gasteiger partial charge in [-0.25, -0.2) is 4.79 Å². The van der Waals surface area contributed by atoms with Crippen LogP contribution in [0.4, 0.5) is 5.69 Å². The third kappa shape index (κ3) is 4.10. The summed E-state index contributed by atoms with van der Waals surface area (Å²) in [5.74, 6) is -1.03. The molecule has 30 heavy (non-hydrogen) atoms. The predicted molar refractivity (Wildman–Crippen MR) is 112 cm³/mol. The van der Waals surface area contributed by atoms with Gasteiger partial charge in [0.2, 0.25) is 0 Å². The second kappa shape index (κ2) is 8.40. The highest BCUT2D eigenvalue weighted by atomic mass is 16.4. The Morgan fingerprint density at radius 1 is 0.867 bits per heavy atom. The van der Waals surface area contributed by atoms with Crippen molar-refractivity contribution in [3.8, 4) is 0 Å². The van der Waals surface area contributed by atoms with E-state index in [9.17, 15) is 14.4 Å². The maximum atomic E-state index is 12.7. The van der Waals surface area contributed by atoms with E-state index in [1.54, 1.807) is 66.9 Å². The summed E-state index contributed by atoms with van der Waals surface area (Å²) in [5.41, 5.74) is 0.774. The van der Waals surface area contributed by atoms with Gasteiger partial charge in [-0.05, 0) is 36.4 Å². The SMILES string of the molecule is O=C(NCc1ccccn1)c1ccccc1NC(=O)c1cc2ccccc2oc1=O. The van der Waals surface area contributed by atoms with Gasteiger partial charge in [0.25, 0.3) is 11.8 Å². The minimum absolute atomic E-state index is 0.141. The molecule has 4 rings (SSSR count). The lowest BCUT2D eigenvalue weighted by atomic mass is 10.1. The van der Waals surface area contributed by atoms with Crippen LogP contribution in [0.3, 0.4) is 0 Å². The van der Waals surface area contributed by atoms with E-state index in [-0.39, 0.29) is 29.3 Å². The van der Waals surface area contributed by atoms with E-state index < -0.39 is 11.5 Å². The van der Waals surface area contributed by atoms with E-state index >= 15 is 0 Å². The summed E-state index contributed by atoms with van der Waals surface area (Å²) in [6.45, 7) is 0.246. The van der Waals surface area contributed by atoms with Crippen molar-refractivity contribution in [1.29, 1.82) is 0 Å². The smallest absolute Gasteiger partial charge is 0.349 e. The third-order valence-electron chi connectivity index (χ3n) is 4.46. The minimum atomic E-state index is -0.747. The lowest BCUT2D eigenvalue weighted by Crippen LogP contribution is -2.26. The van der Waals surface area contributed by atoms with Crippen LogP contribution in [0.5, 0.6) is 0 Å². The molecule has 148 valence electrons. The van der Waals surface area contributed by atoms with E-state index in [4.69, 9.17) is 4.42 Å². The summed E-state index contributed by atoms with van der Waals surface area (Å²) in [7, 11) is 0. The first-order chi connectivity index (χ1) is 14.6. The largest absolute Gasteiger partial charge is 0.422 e. The Morgan fingerprint density at radius 2 is 1.63 bits per heavy atom. The van der Waals surface area contributed by atoms with Gasteiger partial charge >= 0.3 is 5.63 Å². The molecule has 0 aliphatic rings. The molecule has 0 fully saturated rings. The van der Waals surface area contributed by atoms with Crippen LogP contribution >= 0.6 is 0 Å². The summed E-state index contributed by atoms with van der Waals surface area (Å²) in [5, 5.41) is 6.04. The number of anilines is 1. The van der Waals surface area contributed by atoms with Gasteiger partial charge in [0.05, 0.1) is 23.5 Å². The van der Waals surface area contributed by atoms with Crippen LogP contribution in [-0.4, -0.2) is 16.8 Å². The normalized spacial score (nSPS) is 10.5. The number of nitrogens with zero attached hydrogens (tertiary/aromatic N) is 1. The Hall–Kier alpha value is -4.26. The molecule has 2 aromatic carbocycles. The molecule has 0 atom stereocenters. The van der Waals surface area contributed by atoms with Gasteiger partial charge in [-0.2, -0.15) is 0 Å². The Bertz CT molecular complexity index is 1280.